The minimum absolute atomic E-state index is 0.0724. The van der Waals surface area contributed by atoms with Gasteiger partial charge in [0, 0.05) is 13.5 Å². The average molecular weight is 305 g/mol. The van der Waals surface area contributed by atoms with Crippen LogP contribution in [0, 0.1) is 5.92 Å². The fraction of sp³-hybridized carbons (Fsp3) is 0.611. The summed E-state index contributed by atoms with van der Waals surface area (Å²) in [4.78, 5) is 10.8. The van der Waals surface area contributed by atoms with Crippen LogP contribution >= 0.6 is 0 Å². The average Bonchev–Trinajstić information content (AvgIpc) is 2.54. The predicted octanol–water partition coefficient (Wildman–Crippen LogP) is 3.21. The number of nitrogens with one attached hydrogen (secondary N) is 1. The van der Waals surface area contributed by atoms with Gasteiger partial charge in [0.25, 0.3) is 0 Å². The molecule has 0 aromatic heterocycles. The summed E-state index contributed by atoms with van der Waals surface area (Å²) in [6.07, 6.45) is 6.44. The van der Waals surface area contributed by atoms with E-state index in [-0.39, 0.29) is 5.91 Å². The lowest BCUT2D eigenvalue weighted by atomic mass is 9.90. The number of amides is 1. The van der Waals surface area contributed by atoms with Gasteiger partial charge in [0.05, 0.1) is 12.7 Å². The molecule has 4 heteroatoms. The summed E-state index contributed by atoms with van der Waals surface area (Å²) < 4.78 is 5.90. The maximum atomic E-state index is 10.8. The summed E-state index contributed by atoms with van der Waals surface area (Å²) in [6, 6.07) is 7.65. The quantitative estimate of drug-likeness (QED) is 0.813. The molecule has 2 N–H and O–H groups in total. The summed E-state index contributed by atoms with van der Waals surface area (Å²) in [7, 11) is 0. The van der Waals surface area contributed by atoms with Crippen LogP contribution in [0.2, 0.25) is 0 Å². The number of carbonyl (C=O) groups is 1. The molecule has 2 rings (SSSR count). The molecule has 1 aliphatic carbocycles. The zero-order valence-corrected chi connectivity index (χ0v) is 13.4. The highest BCUT2D eigenvalue weighted by Gasteiger charge is 2.14. The predicted molar refractivity (Wildman–Crippen MR) is 86.8 cm³/mol. The van der Waals surface area contributed by atoms with Gasteiger partial charge in [-0.3, -0.25) is 4.79 Å². The summed E-state index contributed by atoms with van der Waals surface area (Å²) in [5.41, 5.74) is 0.839. The largest absolute Gasteiger partial charge is 0.493 e. The second-order valence-corrected chi connectivity index (χ2v) is 6.17. The molecular formula is C18H27NO3. The van der Waals surface area contributed by atoms with Crippen LogP contribution in [0.4, 0.5) is 0 Å². The van der Waals surface area contributed by atoms with Gasteiger partial charge < -0.3 is 15.2 Å². The highest BCUT2D eigenvalue weighted by atomic mass is 16.5. The molecule has 122 valence electrons. The van der Waals surface area contributed by atoms with Crippen molar-refractivity contribution >= 4 is 5.91 Å². The molecule has 22 heavy (non-hydrogen) atoms. The van der Waals surface area contributed by atoms with Gasteiger partial charge in [0.1, 0.15) is 5.75 Å². The SMILES string of the molecule is CC(=O)NCCC(O)c1cccc(OCC2CCCCC2)c1. The van der Waals surface area contributed by atoms with Gasteiger partial charge in [-0.1, -0.05) is 31.4 Å². The monoisotopic (exact) mass is 305 g/mol. The van der Waals surface area contributed by atoms with Crippen LogP contribution in [0.1, 0.15) is 57.1 Å². The number of carbonyl (C=O) groups excluding carboxylic acids is 1. The first-order chi connectivity index (χ1) is 10.6. The van der Waals surface area contributed by atoms with Gasteiger partial charge in [0.2, 0.25) is 5.91 Å². The number of ether oxygens (including phenoxy) is 1. The maximum Gasteiger partial charge on any atom is 0.216 e. The van der Waals surface area contributed by atoms with Crippen molar-refractivity contribution in [3.63, 3.8) is 0 Å². The van der Waals surface area contributed by atoms with Crippen molar-refractivity contribution in [1.29, 1.82) is 0 Å². The van der Waals surface area contributed by atoms with Crippen molar-refractivity contribution < 1.29 is 14.6 Å². The molecule has 0 radical (unpaired) electrons. The normalized spacial score (nSPS) is 17.0. The lowest BCUT2D eigenvalue weighted by molar-refractivity contribution is -0.119. The number of hydrogen-bond acceptors (Lipinski definition) is 3. The maximum absolute atomic E-state index is 10.8. The van der Waals surface area contributed by atoms with Crippen molar-refractivity contribution in [1.82, 2.24) is 5.32 Å². The molecule has 1 aromatic rings. The topological polar surface area (TPSA) is 58.6 Å². The Morgan fingerprint density at radius 1 is 1.36 bits per heavy atom. The molecule has 0 saturated heterocycles. The van der Waals surface area contributed by atoms with E-state index >= 15 is 0 Å². The van der Waals surface area contributed by atoms with Crippen molar-refractivity contribution in [3.8, 4) is 5.75 Å². The Bertz CT molecular complexity index is 469. The number of aliphatic hydroxyl groups is 1. The minimum atomic E-state index is -0.579. The molecule has 1 amide bonds. The Kier molecular flexibility index (Phi) is 6.72. The number of benzene rings is 1. The van der Waals surface area contributed by atoms with Crippen molar-refractivity contribution in [2.45, 2.75) is 51.6 Å². The van der Waals surface area contributed by atoms with Crippen LogP contribution in [0.3, 0.4) is 0 Å². The van der Waals surface area contributed by atoms with E-state index in [0.717, 1.165) is 17.9 Å². The van der Waals surface area contributed by atoms with Crippen molar-refractivity contribution in [3.05, 3.63) is 29.8 Å². The summed E-state index contributed by atoms with van der Waals surface area (Å²) in [5.74, 6) is 1.42. The van der Waals surface area contributed by atoms with Crippen LogP contribution in [0.25, 0.3) is 0 Å². The van der Waals surface area contributed by atoms with E-state index < -0.39 is 6.10 Å². The van der Waals surface area contributed by atoms with Crippen LogP contribution in [-0.4, -0.2) is 24.2 Å². The molecule has 1 aliphatic rings. The Hall–Kier alpha value is -1.55. The van der Waals surface area contributed by atoms with E-state index in [1.54, 1.807) is 0 Å². The number of hydrogen-bond donors (Lipinski definition) is 2. The van der Waals surface area contributed by atoms with Gasteiger partial charge in [0.15, 0.2) is 0 Å². The van der Waals surface area contributed by atoms with E-state index in [0.29, 0.717) is 18.9 Å². The van der Waals surface area contributed by atoms with Crippen LogP contribution < -0.4 is 10.1 Å². The third-order valence-electron chi connectivity index (χ3n) is 4.25. The molecular weight excluding hydrogens is 278 g/mol. The van der Waals surface area contributed by atoms with Gasteiger partial charge in [-0.15, -0.1) is 0 Å². The standard InChI is InChI=1S/C18H27NO3/c1-14(20)19-11-10-18(21)16-8-5-9-17(12-16)22-13-15-6-3-2-4-7-15/h5,8-9,12,15,18,21H,2-4,6-7,10-11,13H2,1H3,(H,19,20). The third kappa shape index (κ3) is 5.68. The summed E-state index contributed by atoms with van der Waals surface area (Å²) in [6.45, 7) is 2.72. The van der Waals surface area contributed by atoms with E-state index in [4.69, 9.17) is 4.74 Å². The van der Waals surface area contributed by atoms with Gasteiger partial charge in [-0.05, 0) is 42.9 Å². The van der Waals surface area contributed by atoms with E-state index in [2.05, 4.69) is 5.32 Å². The van der Waals surface area contributed by atoms with Crippen molar-refractivity contribution in [2.75, 3.05) is 13.2 Å². The first-order valence-corrected chi connectivity index (χ1v) is 8.30. The molecule has 4 nitrogen and oxygen atoms in total. The van der Waals surface area contributed by atoms with Gasteiger partial charge in [-0.25, -0.2) is 0 Å². The highest BCUT2D eigenvalue weighted by Crippen LogP contribution is 2.26. The van der Waals surface area contributed by atoms with Crippen LogP contribution in [0.5, 0.6) is 5.75 Å². The second-order valence-electron chi connectivity index (χ2n) is 6.17. The van der Waals surface area contributed by atoms with E-state index in [1.165, 1.54) is 39.0 Å². The molecule has 0 bridgehead atoms. The zero-order valence-electron chi connectivity index (χ0n) is 13.4. The molecule has 0 aliphatic heterocycles. The Morgan fingerprint density at radius 3 is 2.86 bits per heavy atom. The summed E-state index contributed by atoms with van der Waals surface area (Å²) >= 11 is 0. The van der Waals surface area contributed by atoms with Crippen LogP contribution in [-0.2, 0) is 4.79 Å². The highest BCUT2D eigenvalue weighted by molar-refractivity contribution is 5.72. The molecule has 1 saturated carbocycles. The number of aliphatic hydroxyl groups excluding tert-OH is 1. The molecule has 0 heterocycles. The van der Waals surface area contributed by atoms with E-state index in [9.17, 15) is 9.90 Å². The minimum Gasteiger partial charge on any atom is -0.493 e. The Balaban J connectivity index is 1.81. The Morgan fingerprint density at radius 2 is 2.14 bits per heavy atom. The molecule has 1 fully saturated rings. The van der Waals surface area contributed by atoms with Gasteiger partial charge >= 0.3 is 0 Å². The van der Waals surface area contributed by atoms with E-state index in [1.807, 2.05) is 24.3 Å². The zero-order chi connectivity index (χ0) is 15.8. The Labute approximate surface area is 132 Å². The first kappa shape index (κ1) is 16.8. The molecule has 0 spiro atoms. The van der Waals surface area contributed by atoms with Gasteiger partial charge in [-0.2, -0.15) is 0 Å². The van der Waals surface area contributed by atoms with Crippen LogP contribution in [0.15, 0.2) is 24.3 Å². The smallest absolute Gasteiger partial charge is 0.216 e. The van der Waals surface area contributed by atoms with Crippen molar-refractivity contribution in [2.24, 2.45) is 5.92 Å². The number of rotatable bonds is 7. The summed E-state index contributed by atoms with van der Waals surface area (Å²) in [5, 5.41) is 12.9. The first-order valence-electron chi connectivity index (χ1n) is 8.30. The second kappa shape index (κ2) is 8.79. The molecule has 1 unspecified atom stereocenters. The lowest BCUT2D eigenvalue weighted by Gasteiger charge is -2.22. The fourth-order valence-corrected chi connectivity index (χ4v) is 2.93. The molecule has 1 aromatic carbocycles. The lowest BCUT2D eigenvalue weighted by Crippen LogP contribution is -2.22. The third-order valence-corrected chi connectivity index (χ3v) is 4.25. The fourth-order valence-electron chi connectivity index (χ4n) is 2.93. The molecule has 1 atom stereocenters.